The van der Waals surface area contributed by atoms with Gasteiger partial charge in [-0.1, -0.05) is 0 Å². The summed E-state index contributed by atoms with van der Waals surface area (Å²) < 4.78 is 0. The maximum absolute atomic E-state index is 11.3. The van der Waals surface area contributed by atoms with Crippen LogP contribution in [-0.2, 0) is 4.79 Å². The number of aryl methyl sites for hydroxylation is 1. The Kier molecular flexibility index (Phi) is 5.90. The van der Waals surface area contributed by atoms with E-state index in [1.165, 1.54) is 0 Å². The molecule has 100 valence electrons. The third kappa shape index (κ3) is 4.57. The first-order valence-corrected chi connectivity index (χ1v) is 6.25. The Morgan fingerprint density at radius 2 is 2.06 bits per heavy atom. The summed E-state index contributed by atoms with van der Waals surface area (Å²) in [7, 11) is 0. The quantitative estimate of drug-likeness (QED) is 0.677. The minimum absolute atomic E-state index is 0.0450. The summed E-state index contributed by atoms with van der Waals surface area (Å²) in [6.45, 7) is 7.84. The third-order valence-electron chi connectivity index (χ3n) is 2.33. The largest absolute Gasteiger partial charge is 0.369 e. The average molecular weight is 251 g/mol. The maximum Gasteiger partial charge on any atom is 0.224 e. The van der Waals surface area contributed by atoms with Gasteiger partial charge in [-0.2, -0.15) is 4.98 Å². The molecule has 0 unspecified atom stereocenters. The van der Waals surface area contributed by atoms with Crippen LogP contribution in [0.1, 0.15) is 25.8 Å². The van der Waals surface area contributed by atoms with Gasteiger partial charge in [0.25, 0.3) is 0 Å². The molecule has 0 fully saturated rings. The Bertz CT molecular complexity index is 394. The van der Waals surface area contributed by atoms with Crippen LogP contribution in [0.25, 0.3) is 0 Å². The van der Waals surface area contributed by atoms with E-state index in [0.717, 1.165) is 17.9 Å². The van der Waals surface area contributed by atoms with E-state index < -0.39 is 0 Å². The van der Waals surface area contributed by atoms with E-state index in [-0.39, 0.29) is 5.91 Å². The van der Waals surface area contributed by atoms with Crippen molar-refractivity contribution >= 4 is 17.7 Å². The molecule has 1 rings (SSSR count). The second-order valence-electron chi connectivity index (χ2n) is 3.89. The fraction of sp³-hybridized carbons (Fsp3) is 0.583. The van der Waals surface area contributed by atoms with Crippen LogP contribution < -0.4 is 16.0 Å². The number of anilines is 2. The van der Waals surface area contributed by atoms with E-state index in [9.17, 15) is 4.79 Å². The Morgan fingerprint density at radius 3 is 2.72 bits per heavy atom. The topological polar surface area (TPSA) is 78.9 Å². The highest BCUT2D eigenvalue weighted by Crippen LogP contribution is 2.12. The number of nitrogens with zero attached hydrogens (tertiary/aromatic N) is 2. The summed E-state index contributed by atoms with van der Waals surface area (Å²) in [5.41, 5.74) is 0.965. The zero-order valence-electron chi connectivity index (χ0n) is 11.2. The molecule has 18 heavy (non-hydrogen) atoms. The first-order valence-electron chi connectivity index (χ1n) is 6.25. The van der Waals surface area contributed by atoms with Gasteiger partial charge in [0.1, 0.15) is 5.82 Å². The van der Waals surface area contributed by atoms with Gasteiger partial charge in [-0.25, -0.2) is 4.98 Å². The van der Waals surface area contributed by atoms with Gasteiger partial charge in [-0.05, 0) is 20.8 Å². The molecule has 0 aliphatic carbocycles. The lowest BCUT2D eigenvalue weighted by Crippen LogP contribution is -2.25. The van der Waals surface area contributed by atoms with Crippen molar-refractivity contribution in [2.75, 3.05) is 30.3 Å². The number of carbonyl (C=O) groups is 1. The zero-order valence-corrected chi connectivity index (χ0v) is 11.2. The van der Waals surface area contributed by atoms with Gasteiger partial charge in [0, 0.05) is 37.8 Å². The van der Waals surface area contributed by atoms with Gasteiger partial charge in [0.05, 0.1) is 0 Å². The SMILES string of the molecule is CCNC(=O)CCNc1nc(NCC)ncc1C. The van der Waals surface area contributed by atoms with Crippen molar-refractivity contribution in [2.24, 2.45) is 0 Å². The molecular formula is C12H21N5O. The first-order chi connectivity index (χ1) is 8.67. The van der Waals surface area contributed by atoms with Crippen LogP contribution in [0.2, 0.25) is 0 Å². The van der Waals surface area contributed by atoms with Crippen molar-refractivity contribution < 1.29 is 4.79 Å². The number of hydrogen-bond acceptors (Lipinski definition) is 5. The molecule has 0 spiro atoms. The van der Waals surface area contributed by atoms with Crippen LogP contribution in [0.3, 0.4) is 0 Å². The highest BCUT2D eigenvalue weighted by atomic mass is 16.1. The molecule has 6 nitrogen and oxygen atoms in total. The predicted molar refractivity (Wildman–Crippen MR) is 72.7 cm³/mol. The molecule has 0 saturated carbocycles. The lowest BCUT2D eigenvalue weighted by atomic mass is 10.3. The summed E-state index contributed by atoms with van der Waals surface area (Å²) in [4.78, 5) is 19.8. The zero-order chi connectivity index (χ0) is 13.4. The lowest BCUT2D eigenvalue weighted by Gasteiger charge is -2.10. The van der Waals surface area contributed by atoms with Crippen LogP contribution in [0.5, 0.6) is 0 Å². The molecule has 0 aromatic carbocycles. The van der Waals surface area contributed by atoms with E-state index in [4.69, 9.17) is 0 Å². The van der Waals surface area contributed by atoms with Crippen LogP contribution in [0.15, 0.2) is 6.20 Å². The highest BCUT2D eigenvalue weighted by molar-refractivity contribution is 5.76. The van der Waals surface area contributed by atoms with Crippen molar-refractivity contribution in [1.29, 1.82) is 0 Å². The Morgan fingerprint density at radius 1 is 1.28 bits per heavy atom. The van der Waals surface area contributed by atoms with Gasteiger partial charge in [-0.15, -0.1) is 0 Å². The smallest absolute Gasteiger partial charge is 0.224 e. The molecule has 0 bridgehead atoms. The first kappa shape index (κ1) is 14.2. The van der Waals surface area contributed by atoms with Gasteiger partial charge >= 0.3 is 0 Å². The van der Waals surface area contributed by atoms with Crippen molar-refractivity contribution in [3.63, 3.8) is 0 Å². The molecule has 1 amide bonds. The number of nitrogens with one attached hydrogen (secondary N) is 3. The number of hydrogen-bond donors (Lipinski definition) is 3. The molecule has 1 aromatic heterocycles. The number of amides is 1. The van der Waals surface area contributed by atoms with Gasteiger partial charge in [0.2, 0.25) is 11.9 Å². The molecule has 3 N–H and O–H groups in total. The Balaban J connectivity index is 2.50. The fourth-order valence-electron chi connectivity index (χ4n) is 1.44. The van der Waals surface area contributed by atoms with E-state index in [1.807, 2.05) is 20.8 Å². The number of aromatic nitrogens is 2. The van der Waals surface area contributed by atoms with Gasteiger partial charge in [-0.3, -0.25) is 4.79 Å². The third-order valence-corrected chi connectivity index (χ3v) is 2.33. The molecular weight excluding hydrogens is 230 g/mol. The molecule has 0 radical (unpaired) electrons. The summed E-state index contributed by atoms with van der Waals surface area (Å²) in [5, 5.41) is 8.96. The van der Waals surface area contributed by atoms with Crippen molar-refractivity contribution in [3.8, 4) is 0 Å². The second kappa shape index (κ2) is 7.47. The minimum Gasteiger partial charge on any atom is -0.369 e. The predicted octanol–water partition coefficient (Wildman–Crippen LogP) is 1.15. The van der Waals surface area contributed by atoms with Crippen molar-refractivity contribution in [1.82, 2.24) is 15.3 Å². The Hall–Kier alpha value is -1.85. The van der Waals surface area contributed by atoms with E-state index >= 15 is 0 Å². The van der Waals surface area contributed by atoms with Gasteiger partial charge in [0.15, 0.2) is 0 Å². The van der Waals surface area contributed by atoms with Crippen molar-refractivity contribution in [3.05, 3.63) is 11.8 Å². The van der Waals surface area contributed by atoms with Crippen LogP contribution in [0, 0.1) is 6.92 Å². The summed E-state index contributed by atoms with van der Waals surface area (Å²) in [5.74, 6) is 1.41. The van der Waals surface area contributed by atoms with Crippen LogP contribution >= 0.6 is 0 Å². The normalized spacial score (nSPS) is 9.94. The summed E-state index contributed by atoms with van der Waals surface area (Å²) >= 11 is 0. The average Bonchev–Trinajstić information content (AvgIpc) is 2.34. The fourth-order valence-corrected chi connectivity index (χ4v) is 1.44. The summed E-state index contributed by atoms with van der Waals surface area (Å²) in [6, 6.07) is 0. The number of rotatable bonds is 7. The van der Waals surface area contributed by atoms with E-state index in [2.05, 4.69) is 25.9 Å². The molecule has 0 atom stereocenters. The van der Waals surface area contributed by atoms with Crippen LogP contribution in [-0.4, -0.2) is 35.5 Å². The standard InChI is InChI=1S/C12H21N5O/c1-4-13-10(18)6-7-15-11-9(3)8-16-12(17-11)14-5-2/h8H,4-7H2,1-3H3,(H,13,18)(H2,14,15,16,17). The molecule has 1 aromatic rings. The Labute approximate surface area is 108 Å². The summed E-state index contributed by atoms with van der Waals surface area (Å²) in [6.07, 6.45) is 2.20. The minimum atomic E-state index is 0.0450. The lowest BCUT2D eigenvalue weighted by molar-refractivity contribution is -0.120. The van der Waals surface area contributed by atoms with Gasteiger partial charge < -0.3 is 16.0 Å². The molecule has 6 heteroatoms. The maximum atomic E-state index is 11.3. The second-order valence-corrected chi connectivity index (χ2v) is 3.89. The van der Waals surface area contributed by atoms with E-state index in [0.29, 0.717) is 25.5 Å². The molecule has 0 aliphatic rings. The molecule has 1 heterocycles. The monoisotopic (exact) mass is 251 g/mol. The molecule has 0 saturated heterocycles. The number of carbonyl (C=O) groups excluding carboxylic acids is 1. The molecule has 0 aliphatic heterocycles. The van der Waals surface area contributed by atoms with E-state index in [1.54, 1.807) is 6.20 Å². The van der Waals surface area contributed by atoms with Crippen molar-refractivity contribution in [2.45, 2.75) is 27.2 Å². The van der Waals surface area contributed by atoms with Crippen LogP contribution in [0.4, 0.5) is 11.8 Å². The highest BCUT2D eigenvalue weighted by Gasteiger charge is 2.04.